The number of phenolic OH excluding ortho intramolecular Hbond substituents is 1. The molecule has 0 spiro atoms. The van der Waals surface area contributed by atoms with E-state index in [0.29, 0.717) is 26.3 Å². The smallest absolute Gasteiger partial charge is 0.504 e. The van der Waals surface area contributed by atoms with Crippen molar-refractivity contribution in [2.24, 2.45) is 11.8 Å². The SMILES string of the molecule is Cc1ccccc1[B-]12OCC[N+]1(CNC(=O)C1=C(O)[C@]3(O)C(=O)C4=C(O)c5c(O)cccc5[C@](C)(O)[C@@H]4C[C@H]3[C@@H](N(C)C)C1=O)CCO2. The van der Waals surface area contributed by atoms with Gasteiger partial charge in [-0.2, -0.15) is 0 Å². The highest BCUT2D eigenvalue weighted by Gasteiger charge is 2.67. The Labute approximate surface area is 277 Å². The lowest BCUT2D eigenvalue weighted by molar-refractivity contribution is -0.822. The molecule has 2 aromatic carbocycles. The fourth-order valence-electron chi connectivity index (χ4n) is 9.15. The number of carbonyl (C=O) groups excluding carboxylic acids is 3. The summed E-state index contributed by atoms with van der Waals surface area (Å²) in [6.45, 7) is 3.08. The number of nitrogens with one attached hydrogen (secondary N) is 1. The Bertz CT molecular complexity index is 1830. The maximum atomic E-state index is 14.4. The van der Waals surface area contributed by atoms with E-state index in [9.17, 15) is 39.9 Å². The molecular formula is C34H40BN3O10. The molecule has 0 radical (unpaired) electrons. The first-order valence-electron chi connectivity index (χ1n) is 16.2. The zero-order valence-corrected chi connectivity index (χ0v) is 27.3. The number of aryl methyl sites for hydroxylation is 1. The number of ketones is 2. The lowest BCUT2D eigenvalue weighted by Crippen LogP contribution is -2.72. The van der Waals surface area contributed by atoms with Crippen molar-refractivity contribution >= 4 is 35.4 Å². The minimum absolute atomic E-state index is 0.0212. The van der Waals surface area contributed by atoms with Crippen LogP contribution < -0.4 is 10.8 Å². The second kappa shape index (κ2) is 10.7. The minimum atomic E-state index is -2.80. The van der Waals surface area contributed by atoms with Crippen LogP contribution in [0.3, 0.4) is 0 Å². The number of aromatic hydroxyl groups is 1. The first-order valence-corrected chi connectivity index (χ1v) is 16.2. The van der Waals surface area contributed by atoms with Crippen LogP contribution in [-0.2, 0) is 29.3 Å². The lowest BCUT2D eigenvalue weighted by Gasteiger charge is -2.53. The maximum absolute atomic E-state index is 14.4. The molecule has 0 aromatic heterocycles. The normalized spacial score (nSPS) is 35.8. The Balaban J connectivity index is 1.29. The number of phenols is 1. The number of rotatable bonds is 5. The van der Waals surface area contributed by atoms with Gasteiger partial charge in [0.25, 0.3) is 5.91 Å². The van der Waals surface area contributed by atoms with Crippen molar-refractivity contribution in [3.63, 3.8) is 0 Å². The molecule has 0 unspecified atom stereocenters. The maximum Gasteiger partial charge on any atom is 0.504 e. The lowest BCUT2D eigenvalue weighted by atomic mass is 9.54. The molecule has 3 aliphatic carbocycles. The summed E-state index contributed by atoms with van der Waals surface area (Å²) in [4.78, 5) is 44.0. The summed E-state index contributed by atoms with van der Waals surface area (Å²) in [6.07, 6.45) is -0.215. The van der Waals surface area contributed by atoms with Gasteiger partial charge >= 0.3 is 6.69 Å². The van der Waals surface area contributed by atoms with Crippen LogP contribution in [0.25, 0.3) is 5.76 Å². The molecule has 7 rings (SSSR count). The molecule has 1 saturated carbocycles. The van der Waals surface area contributed by atoms with Gasteiger partial charge in [-0.25, -0.2) is 0 Å². The van der Waals surface area contributed by atoms with Crippen LogP contribution in [0.1, 0.15) is 30.0 Å². The van der Waals surface area contributed by atoms with Gasteiger partial charge in [0, 0.05) is 17.4 Å². The number of benzene rings is 2. The molecule has 13 nitrogen and oxygen atoms in total. The summed E-state index contributed by atoms with van der Waals surface area (Å²) in [5, 5.41) is 60.4. The Kier molecular flexibility index (Phi) is 7.26. The van der Waals surface area contributed by atoms with Gasteiger partial charge in [0.2, 0.25) is 5.78 Å². The van der Waals surface area contributed by atoms with Crippen molar-refractivity contribution in [1.29, 1.82) is 0 Å². The summed E-state index contributed by atoms with van der Waals surface area (Å²) >= 11 is 0. The van der Waals surface area contributed by atoms with E-state index in [1.54, 1.807) is 14.1 Å². The highest BCUT2D eigenvalue weighted by Crippen LogP contribution is 2.57. The molecule has 6 N–H and O–H groups in total. The topological polar surface area (TPSA) is 186 Å². The molecule has 3 fully saturated rings. The van der Waals surface area contributed by atoms with Crippen molar-refractivity contribution < 1.29 is 53.6 Å². The molecule has 2 aliphatic heterocycles. The number of quaternary nitrogens is 1. The van der Waals surface area contributed by atoms with Crippen molar-refractivity contribution in [2.45, 2.75) is 37.5 Å². The number of nitrogens with zero attached hydrogens (tertiary/aromatic N) is 2. The fraction of sp³-hybridized carbons (Fsp3) is 0.441. The number of fused-ring (bicyclic) bond motifs is 4. The van der Waals surface area contributed by atoms with Crippen LogP contribution in [0.5, 0.6) is 5.75 Å². The monoisotopic (exact) mass is 661 g/mol. The first kappa shape index (κ1) is 32.5. The van der Waals surface area contributed by atoms with Crippen LogP contribution in [-0.4, -0.2) is 118 Å². The van der Waals surface area contributed by atoms with E-state index in [0.717, 1.165) is 11.0 Å². The first-order chi connectivity index (χ1) is 22.6. The second-order valence-corrected chi connectivity index (χ2v) is 14.2. The quantitative estimate of drug-likeness (QED) is 0.191. The molecular weight excluding hydrogens is 621 g/mol. The van der Waals surface area contributed by atoms with E-state index in [-0.39, 0.29) is 28.6 Å². The van der Waals surface area contributed by atoms with Crippen LogP contribution in [0.15, 0.2) is 59.4 Å². The van der Waals surface area contributed by atoms with Gasteiger partial charge in [0.1, 0.15) is 29.5 Å². The van der Waals surface area contributed by atoms with Gasteiger partial charge in [0.15, 0.2) is 11.4 Å². The molecule has 2 aromatic rings. The van der Waals surface area contributed by atoms with E-state index >= 15 is 0 Å². The van der Waals surface area contributed by atoms with Gasteiger partial charge in [-0.1, -0.05) is 47.4 Å². The zero-order valence-electron chi connectivity index (χ0n) is 27.3. The number of carbonyl (C=O) groups is 3. The van der Waals surface area contributed by atoms with Crippen molar-refractivity contribution in [1.82, 2.24) is 10.2 Å². The van der Waals surface area contributed by atoms with Crippen molar-refractivity contribution in [3.8, 4) is 5.75 Å². The number of aliphatic hydroxyl groups is 4. The third kappa shape index (κ3) is 4.04. The number of hydrogen-bond donors (Lipinski definition) is 6. The van der Waals surface area contributed by atoms with Crippen molar-refractivity contribution in [2.75, 3.05) is 47.1 Å². The standard InChI is InChI=1S/C34H40BN3O10/c1-18-8-5-6-10-22(18)35-38(12-14-47-35,13-15-48-35)17-36-32(44)26-29(41)27(37(3)4)21-16-20-25(30(42)34(21,46)31(26)43)28(40)24-19(33(20,2)45)9-7-11-23(24)39/h5-11,20-21,27,39-40,43,45-46H,12-17H2,1-4H3,(H,36,44)/t20-,21+,27-,33+,34-,35?,38?/m1/s1. The third-order valence-corrected chi connectivity index (χ3v) is 11.6. The second-order valence-electron chi connectivity index (χ2n) is 14.2. The van der Waals surface area contributed by atoms with E-state index in [4.69, 9.17) is 9.31 Å². The van der Waals surface area contributed by atoms with E-state index in [2.05, 4.69) is 5.32 Å². The van der Waals surface area contributed by atoms with E-state index in [1.165, 1.54) is 30.0 Å². The van der Waals surface area contributed by atoms with Crippen LogP contribution in [0.4, 0.5) is 0 Å². The average molecular weight is 662 g/mol. The van der Waals surface area contributed by atoms with Gasteiger partial charge in [0.05, 0.1) is 43.5 Å². The van der Waals surface area contributed by atoms with Crippen LogP contribution in [0.2, 0.25) is 0 Å². The molecule has 1 amide bonds. The van der Waals surface area contributed by atoms with E-state index < -0.39 is 81.7 Å². The molecule has 14 heteroatoms. The Hall–Kier alpha value is -4.05. The van der Waals surface area contributed by atoms with Crippen LogP contribution >= 0.6 is 0 Å². The summed E-state index contributed by atoms with van der Waals surface area (Å²) < 4.78 is 12.8. The summed E-state index contributed by atoms with van der Waals surface area (Å²) in [6, 6.07) is 10.7. The zero-order chi connectivity index (χ0) is 34.6. The van der Waals surface area contributed by atoms with Gasteiger partial charge in [-0.05, 0) is 46.0 Å². The average Bonchev–Trinajstić information content (AvgIpc) is 3.57. The fourth-order valence-corrected chi connectivity index (χ4v) is 9.15. The predicted molar refractivity (Wildman–Crippen MR) is 172 cm³/mol. The third-order valence-electron chi connectivity index (χ3n) is 11.6. The largest absolute Gasteiger partial charge is 0.508 e. The van der Waals surface area contributed by atoms with E-state index in [1.807, 2.05) is 31.2 Å². The number of likely N-dealkylation sites (N-methyl/N-ethyl adjacent to an activating group) is 1. The summed E-state index contributed by atoms with van der Waals surface area (Å²) in [5.41, 5.74) is -3.95. The summed E-state index contributed by atoms with van der Waals surface area (Å²) in [5.74, 6) is -7.52. The minimum Gasteiger partial charge on any atom is -0.508 e. The van der Waals surface area contributed by atoms with Gasteiger partial charge in [-0.15, -0.1) is 0 Å². The van der Waals surface area contributed by atoms with Crippen LogP contribution in [0, 0.1) is 18.8 Å². The molecule has 2 saturated heterocycles. The number of amides is 1. The molecule has 254 valence electrons. The molecule has 0 bridgehead atoms. The number of hydrogen-bond acceptors (Lipinski definition) is 11. The highest BCUT2D eigenvalue weighted by molar-refractivity contribution is 6.75. The summed E-state index contributed by atoms with van der Waals surface area (Å²) in [7, 11) is 3.11. The Morgan fingerprint density at radius 3 is 2.35 bits per heavy atom. The molecule has 5 aliphatic rings. The Morgan fingerprint density at radius 1 is 1.04 bits per heavy atom. The number of aliphatic hydroxyl groups excluding tert-OH is 2. The Morgan fingerprint density at radius 2 is 1.71 bits per heavy atom. The highest BCUT2D eigenvalue weighted by atomic mass is 16.6. The molecule has 2 heterocycles. The van der Waals surface area contributed by atoms with Gasteiger partial charge < -0.3 is 44.6 Å². The predicted octanol–water partition coefficient (Wildman–Crippen LogP) is 0.249. The van der Waals surface area contributed by atoms with Crippen molar-refractivity contribution in [3.05, 3.63) is 76.1 Å². The van der Waals surface area contributed by atoms with Gasteiger partial charge in [-0.3, -0.25) is 19.3 Å². The molecule has 48 heavy (non-hydrogen) atoms. The molecule has 5 atom stereocenters. The number of Topliss-reactive ketones (excluding diaryl/α,β-unsaturated/α-hetero) is 2.